The first-order valence-corrected chi connectivity index (χ1v) is 7.14. The molecule has 0 amide bonds. The third-order valence-electron chi connectivity index (χ3n) is 3.04. The van der Waals surface area contributed by atoms with Crippen LogP contribution in [0.1, 0.15) is 35.9 Å². The predicted molar refractivity (Wildman–Crippen MR) is 79.9 cm³/mol. The van der Waals surface area contributed by atoms with Crippen LogP contribution in [0.3, 0.4) is 0 Å². The third-order valence-corrected chi connectivity index (χ3v) is 4.03. The van der Waals surface area contributed by atoms with Crippen LogP contribution in [0.15, 0.2) is 60.5 Å². The van der Waals surface area contributed by atoms with Gasteiger partial charge in [-0.1, -0.05) is 42.5 Å². The Kier molecular flexibility index (Phi) is 4.73. The smallest absolute Gasteiger partial charge is 0.0454 e. The molecule has 2 atom stereocenters. The van der Waals surface area contributed by atoms with Gasteiger partial charge in [-0.05, 0) is 30.4 Å². The van der Waals surface area contributed by atoms with Crippen molar-refractivity contribution in [1.29, 1.82) is 0 Å². The maximum absolute atomic E-state index is 3.86. The minimum absolute atomic E-state index is 0.346. The Bertz CT molecular complexity index is 461. The van der Waals surface area contributed by atoms with E-state index < -0.39 is 0 Å². The average Bonchev–Trinajstić information content (AvgIpc) is 2.93. The fourth-order valence-electron chi connectivity index (χ4n) is 2.06. The van der Waals surface area contributed by atoms with E-state index in [1.807, 2.05) is 6.08 Å². The lowest BCUT2D eigenvalue weighted by Gasteiger charge is -2.22. The van der Waals surface area contributed by atoms with E-state index in [2.05, 4.69) is 66.7 Å². The Morgan fingerprint density at radius 3 is 2.61 bits per heavy atom. The van der Waals surface area contributed by atoms with E-state index in [-0.39, 0.29) is 0 Å². The van der Waals surface area contributed by atoms with Gasteiger partial charge < -0.3 is 5.32 Å². The Hall–Kier alpha value is -1.38. The Balaban J connectivity index is 2.07. The highest BCUT2D eigenvalue weighted by atomic mass is 32.1. The fourth-order valence-corrected chi connectivity index (χ4v) is 2.86. The second-order valence-electron chi connectivity index (χ2n) is 4.39. The first-order valence-electron chi connectivity index (χ1n) is 6.26. The maximum atomic E-state index is 3.86. The van der Waals surface area contributed by atoms with Crippen molar-refractivity contribution in [2.24, 2.45) is 0 Å². The number of thiophene rings is 1. The van der Waals surface area contributed by atoms with Gasteiger partial charge in [0, 0.05) is 17.0 Å². The number of benzene rings is 1. The number of rotatable bonds is 6. The largest absolute Gasteiger partial charge is 0.302 e. The van der Waals surface area contributed by atoms with Crippen LogP contribution in [0.25, 0.3) is 0 Å². The van der Waals surface area contributed by atoms with Crippen molar-refractivity contribution >= 4 is 11.3 Å². The molecule has 2 aromatic rings. The van der Waals surface area contributed by atoms with Crippen molar-refractivity contribution in [2.75, 3.05) is 0 Å². The van der Waals surface area contributed by atoms with E-state index in [0.717, 1.165) is 6.42 Å². The summed E-state index contributed by atoms with van der Waals surface area (Å²) >= 11 is 1.80. The van der Waals surface area contributed by atoms with Gasteiger partial charge in [-0.15, -0.1) is 17.9 Å². The van der Waals surface area contributed by atoms with Crippen molar-refractivity contribution in [1.82, 2.24) is 5.32 Å². The summed E-state index contributed by atoms with van der Waals surface area (Å²) in [7, 11) is 0. The maximum Gasteiger partial charge on any atom is 0.0454 e. The molecule has 0 aliphatic heterocycles. The summed E-state index contributed by atoms with van der Waals surface area (Å²) in [6.45, 7) is 6.06. The molecule has 0 saturated carbocycles. The molecule has 2 rings (SSSR count). The van der Waals surface area contributed by atoms with Gasteiger partial charge in [-0.25, -0.2) is 0 Å². The first-order chi connectivity index (χ1) is 8.81. The molecule has 0 aliphatic rings. The molecule has 0 aliphatic carbocycles. The third kappa shape index (κ3) is 3.31. The van der Waals surface area contributed by atoms with Crippen molar-refractivity contribution in [3.63, 3.8) is 0 Å². The lowest BCUT2D eigenvalue weighted by molar-refractivity contribution is 0.475. The lowest BCUT2D eigenvalue weighted by atomic mass is 10.1. The average molecular weight is 257 g/mol. The first kappa shape index (κ1) is 13.1. The minimum atomic E-state index is 0.346. The highest BCUT2D eigenvalue weighted by Gasteiger charge is 2.14. The number of hydrogen-bond donors (Lipinski definition) is 1. The zero-order valence-electron chi connectivity index (χ0n) is 10.7. The zero-order valence-corrected chi connectivity index (χ0v) is 11.5. The van der Waals surface area contributed by atoms with Gasteiger partial charge in [0.1, 0.15) is 0 Å². The lowest BCUT2D eigenvalue weighted by Crippen LogP contribution is -2.23. The Morgan fingerprint density at radius 1 is 1.22 bits per heavy atom. The zero-order chi connectivity index (χ0) is 12.8. The van der Waals surface area contributed by atoms with Crippen LogP contribution >= 0.6 is 11.3 Å². The molecule has 2 heteroatoms. The normalized spacial score (nSPS) is 14.1. The van der Waals surface area contributed by atoms with Gasteiger partial charge >= 0.3 is 0 Å². The molecule has 0 fully saturated rings. The molecule has 1 N–H and O–H groups in total. The fraction of sp³-hybridized carbons (Fsp3) is 0.250. The van der Waals surface area contributed by atoms with Gasteiger partial charge in [-0.3, -0.25) is 0 Å². The molecular weight excluding hydrogens is 238 g/mol. The highest BCUT2D eigenvalue weighted by molar-refractivity contribution is 7.10. The summed E-state index contributed by atoms with van der Waals surface area (Å²) in [5.74, 6) is 0. The summed E-state index contributed by atoms with van der Waals surface area (Å²) < 4.78 is 0. The molecule has 1 heterocycles. The second kappa shape index (κ2) is 6.53. The molecule has 0 radical (unpaired) electrons. The van der Waals surface area contributed by atoms with E-state index in [1.165, 1.54) is 10.4 Å². The molecule has 0 saturated heterocycles. The molecule has 1 aromatic heterocycles. The van der Waals surface area contributed by atoms with Gasteiger partial charge in [-0.2, -0.15) is 0 Å². The Labute approximate surface area is 113 Å². The van der Waals surface area contributed by atoms with E-state index in [4.69, 9.17) is 0 Å². The van der Waals surface area contributed by atoms with Crippen LogP contribution in [-0.2, 0) is 0 Å². The Morgan fingerprint density at radius 2 is 2.00 bits per heavy atom. The summed E-state index contributed by atoms with van der Waals surface area (Å²) in [4.78, 5) is 1.37. The van der Waals surface area contributed by atoms with Crippen LogP contribution in [0.2, 0.25) is 0 Å². The van der Waals surface area contributed by atoms with E-state index in [0.29, 0.717) is 12.1 Å². The van der Waals surface area contributed by atoms with E-state index in [1.54, 1.807) is 11.3 Å². The van der Waals surface area contributed by atoms with Crippen LogP contribution in [0, 0.1) is 0 Å². The van der Waals surface area contributed by atoms with Crippen molar-refractivity contribution in [3.8, 4) is 0 Å². The summed E-state index contributed by atoms with van der Waals surface area (Å²) in [6.07, 6.45) is 2.94. The standard InChI is InChI=1S/C16H19NS/c1-3-8-15(16-11-7-12-18-16)17-13(2)14-9-5-4-6-10-14/h3-7,9-13,15,17H,1,8H2,2H3/t13-,15?/m0/s1. The molecule has 18 heavy (non-hydrogen) atoms. The van der Waals surface area contributed by atoms with Crippen molar-refractivity contribution in [3.05, 3.63) is 70.9 Å². The second-order valence-corrected chi connectivity index (χ2v) is 5.37. The molecule has 1 nitrogen and oxygen atoms in total. The van der Waals surface area contributed by atoms with E-state index in [9.17, 15) is 0 Å². The van der Waals surface area contributed by atoms with Crippen molar-refractivity contribution in [2.45, 2.75) is 25.4 Å². The van der Waals surface area contributed by atoms with Crippen LogP contribution < -0.4 is 5.32 Å². The molecule has 0 spiro atoms. The topological polar surface area (TPSA) is 12.0 Å². The number of hydrogen-bond acceptors (Lipinski definition) is 2. The van der Waals surface area contributed by atoms with Gasteiger partial charge in [0.2, 0.25) is 0 Å². The van der Waals surface area contributed by atoms with Gasteiger partial charge in [0.15, 0.2) is 0 Å². The predicted octanol–water partition coefficient (Wildman–Crippen LogP) is 4.72. The van der Waals surface area contributed by atoms with E-state index >= 15 is 0 Å². The van der Waals surface area contributed by atoms with Crippen LogP contribution in [0.5, 0.6) is 0 Å². The highest BCUT2D eigenvalue weighted by Crippen LogP contribution is 2.25. The molecular formula is C16H19NS. The quantitative estimate of drug-likeness (QED) is 0.739. The monoisotopic (exact) mass is 257 g/mol. The molecule has 0 bridgehead atoms. The van der Waals surface area contributed by atoms with Crippen molar-refractivity contribution < 1.29 is 0 Å². The summed E-state index contributed by atoms with van der Waals surface area (Å²) in [5.41, 5.74) is 1.32. The minimum Gasteiger partial charge on any atom is -0.302 e. The molecule has 1 aromatic carbocycles. The van der Waals surface area contributed by atoms with Crippen LogP contribution in [0.4, 0.5) is 0 Å². The SMILES string of the molecule is C=CCC(N[C@@H](C)c1ccccc1)c1cccs1. The summed E-state index contributed by atoms with van der Waals surface area (Å²) in [6, 6.07) is 15.5. The number of nitrogens with one attached hydrogen (secondary N) is 1. The molecule has 94 valence electrons. The van der Waals surface area contributed by atoms with Gasteiger partial charge in [0.25, 0.3) is 0 Å². The van der Waals surface area contributed by atoms with Crippen LogP contribution in [-0.4, -0.2) is 0 Å². The summed E-state index contributed by atoms with van der Waals surface area (Å²) in [5, 5.41) is 5.80. The van der Waals surface area contributed by atoms with Gasteiger partial charge in [0.05, 0.1) is 0 Å². The molecule has 1 unspecified atom stereocenters.